The fourth-order valence-electron chi connectivity index (χ4n) is 6.97. The molecule has 0 bridgehead atoms. The molecule has 0 aliphatic carbocycles. The minimum Gasteiger partial charge on any atom is -0.208 e. The SMILES string of the molecule is [2H]c1c(-c2cccc3ccccc23)c([2H])c2c([2H])c([2H])c(-c3cccc(-c4nc(-c5cccc(-c6ccccc6)c5)nc(-c5ccc6ccccc6c5)n4)c3)c([2H])c2c1[2H]. The standard InChI is InChI=1S/C51H33N3/c1-2-11-34(12-3-1)38-17-8-19-44(31-38)49-52-50(54-51(53-49)46-28-23-35-13-4-5-15-37(35)32-46)45-20-9-18-39(33-45)40-24-25-42-30-43(27-26-41(42)29-40)48-22-10-16-36-14-6-7-21-47(36)48/h1-33H/i24D,25D,26D,27D,29D,30D. The molecule has 0 saturated heterocycles. The first-order chi connectivity index (χ1) is 29.2. The predicted molar refractivity (Wildman–Crippen MR) is 225 cm³/mol. The molecule has 0 radical (unpaired) electrons. The number of hydrogen-bond donors (Lipinski definition) is 0. The molecule has 10 rings (SSSR count). The van der Waals surface area contributed by atoms with Crippen LogP contribution in [0.15, 0.2) is 200 Å². The van der Waals surface area contributed by atoms with Gasteiger partial charge in [-0.3, -0.25) is 0 Å². The molecule has 10 aromatic rings. The number of aromatic nitrogens is 3. The van der Waals surface area contributed by atoms with Crippen LogP contribution in [-0.2, 0) is 0 Å². The molecule has 54 heavy (non-hydrogen) atoms. The molecule has 0 aliphatic heterocycles. The molecule has 0 saturated carbocycles. The summed E-state index contributed by atoms with van der Waals surface area (Å²) in [6.45, 7) is 0. The highest BCUT2D eigenvalue weighted by molar-refractivity contribution is 5.99. The molecule has 0 fully saturated rings. The molecule has 0 N–H and O–H groups in total. The number of nitrogens with zero attached hydrogens (tertiary/aromatic N) is 3. The Morgan fingerprint density at radius 1 is 0.296 bits per heavy atom. The Balaban J connectivity index is 1.14. The second-order valence-electron chi connectivity index (χ2n) is 13.2. The third-order valence-electron chi connectivity index (χ3n) is 9.71. The van der Waals surface area contributed by atoms with Crippen LogP contribution in [0.4, 0.5) is 0 Å². The first-order valence-electron chi connectivity index (χ1n) is 20.8. The van der Waals surface area contributed by atoms with Gasteiger partial charge in [0.25, 0.3) is 0 Å². The molecule has 3 nitrogen and oxygen atoms in total. The molecule has 252 valence electrons. The summed E-state index contributed by atoms with van der Waals surface area (Å²) in [5.41, 5.74) is 5.67. The lowest BCUT2D eigenvalue weighted by Crippen LogP contribution is -2.00. The maximum atomic E-state index is 9.45. The maximum absolute atomic E-state index is 9.45. The maximum Gasteiger partial charge on any atom is 0.164 e. The van der Waals surface area contributed by atoms with Crippen LogP contribution in [0.3, 0.4) is 0 Å². The van der Waals surface area contributed by atoms with E-state index in [0.29, 0.717) is 34.2 Å². The van der Waals surface area contributed by atoms with Crippen LogP contribution in [0.25, 0.3) is 99.9 Å². The van der Waals surface area contributed by atoms with E-state index in [0.717, 1.165) is 43.8 Å². The lowest BCUT2D eigenvalue weighted by molar-refractivity contribution is 1.07. The summed E-state index contributed by atoms with van der Waals surface area (Å²) in [5, 5.41) is 3.87. The van der Waals surface area contributed by atoms with E-state index in [1.165, 1.54) is 0 Å². The van der Waals surface area contributed by atoms with Crippen molar-refractivity contribution in [3.05, 3.63) is 200 Å². The summed E-state index contributed by atoms with van der Waals surface area (Å²) in [7, 11) is 0. The molecule has 0 spiro atoms. The molecule has 1 aromatic heterocycles. The minimum atomic E-state index is -0.277. The number of benzene rings is 9. The average molecular weight is 694 g/mol. The zero-order valence-electron chi connectivity index (χ0n) is 34.9. The lowest BCUT2D eigenvalue weighted by atomic mass is 9.94. The summed E-state index contributed by atoms with van der Waals surface area (Å²) in [6.07, 6.45) is 0. The Morgan fingerprint density at radius 2 is 0.796 bits per heavy atom. The number of hydrogen-bond acceptors (Lipinski definition) is 3. The van der Waals surface area contributed by atoms with Crippen LogP contribution in [0.1, 0.15) is 8.22 Å². The van der Waals surface area contributed by atoms with Crippen molar-refractivity contribution < 1.29 is 8.22 Å². The van der Waals surface area contributed by atoms with Crippen molar-refractivity contribution in [1.29, 1.82) is 0 Å². The van der Waals surface area contributed by atoms with Crippen molar-refractivity contribution in [3.63, 3.8) is 0 Å². The monoisotopic (exact) mass is 693 g/mol. The molecule has 1 heterocycles. The van der Waals surface area contributed by atoms with E-state index < -0.39 is 0 Å². The van der Waals surface area contributed by atoms with Crippen LogP contribution in [0.5, 0.6) is 0 Å². The zero-order valence-corrected chi connectivity index (χ0v) is 28.9. The van der Waals surface area contributed by atoms with E-state index in [-0.39, 0.29) is 58.2 Å². The van der Waals surface area contributed by atoms with Gasteiger partial charge in [-0.25, -0.2) is 15.0 Å². The fourth-order valence-corrected chi connectivity index (χ4v) is 6.97. The van der Waals surface area contributed by atoms with Gasteiger partial charge in [-0.05, 0) is 96.0 Å². The van der Waals surface area contributed by atoms with E-state index >= 15 is 0 Å². The second-order valence-corrected chi connectivity index (χ2v) is 13.2. The summed E-state index contributed by atoms with van der Waals surface area (Å²) in [5.74, 6) is 1.33. The predicted octanol–water partition coefficient (Wildman–Crippen LogP) is 13.3. The van der Waals surface area contributed by atoms with Gasteiger partial charge in [0.15, 0.2) is 17.5 Å². The van der Waals surface area contributed by atoms with Gasteiger partial charge in [0.2, 0.25) is 0 Å². The Bertz CT molecular complexity index is 3350. The van der Waals surface area contributed by atoms with Crippen molar-refractivity contribution in [2.75, 3.05) is 0 Å². The Kier molecular flexibility index (Phi) is 6.37. The molecular formula is C51H33N3. The van der Waals surface area contributed by atoms with Crippen molar-refractivity contribution >= 4 is 32.3 Å². The molecular weight excluding hydrogens is 655 g/mol. The molecule has 0 amide bonds. The highest BCUT2D eigenvalue weighted by Crippen LogP contribution is 2.34. The van der Waals surface area contributed by atoms with Gasteiger partial charge in [-0.1, -0.05) is 170 Å². The molecule has 9 aromatic carbocycles. The molecule has 0 unspecified atom stereocenters. The highest BCUT2D eigenvalue weighted by Gasteiger charge is 2.15. The Morgan fingerprint density at radius 3 is 1.52 bits per heavy atom. The zero-order chi connectivity index (χ0) is 41.1. The van der Waals surface area contributed by atoms with Crippen molar-refractivity contribution in [3.8, 4) is 67.5 Å². The molecule has 0 atom stereocenters. The summed E-state index contributed by atoms with van der Waals surface area (Å²) in [4.78, 5) is 15.0. The van der Waals surface area contributed by atoms with Crippen LogP contribution < -0.4 is 0 Å². The summed E-state index contributed by atoms with van der Waals surface area (Å²) < 4.78 is 55.6. The van der Waals surface area contributed by atoms with E-state index in [1.54, 1.807) is 18.2 Å². The largest absolute Gasteiger partial charge is 0.208 e. The fraction of sp³-hybridized carbons (Fsp3) is 0. The highest BCUT2D eigenvalue weighted by atomic mass is 15.0. The lowest BCUT2D eigenvalue weighted by Gasteiger charge is -2.12. The van der Waals surface area contributed by atoms with E-state index in [1.807, 2.05) is 103 Å². The van der Waals surface area contributed by atoms with Gasteiger partial charge in [0.05, 0.1) is 8.22 Å². The van der Waals surface area contributed by atoms with Crippen LogP contribution in [-0.4, -0.2) is 15.0 Å². The summed E-state index contributed by atoms with van der Waals surface area (Å²) >= 11 is 0. The van der Waals surface area contributed by atoms with Gasteiger partial charge < -0.3 is 0 Å². The number of fused-ring (bicyclic) bond motifs is 3. The summed E-state index contributed by atoms with van der Waals surface area (Å²) in [6, 6.07) is 51.5. The van der Waals surface area contributed by atoms with Gasteiger partial charge in [0, 0.05) is 16.7 Å². The van der Waals surface area contributed by atoms with E-state index in [4.69, 9.17) is 16.3 Å². The van der Waals surface area contributed by atoms with Gasteiger partial charge >= 0.3 is 0 Å². The Labute approximate surface area is 322 Å². The first-order valence-corrected chi connectivity index (χ1v) is 17.8. The second kappa shape index (κ2) is 13.4. The van der Waals surface area contributed by atoms with Crippen molar-refractivity contribution in [1.82, 2.24) is 15.0 Å². The van der Waals surface area contributed by atoms with E-state index in [9.17, 15) is 6.85 Å². The normalized spacial score (nSPS) is 12.9. The quantitative estimate of drug-likeness (QED) is 0.174. The third-order valence-corrected chi connectivity index (χ3v) is 9.71. The topological polar surface area (TPSA) is 38.7 Å². The van der Waals surface area contributed by atoms with Crippen LogP contribution in [0.2, 0.25) is 0 Å². The minimum absolute atomic E-state index is 0.00488. The van der Waals surface area contributed by atoms with Crippen LogP contribution >= 0.6 is 0 Å². The van der Waals surface area contributed by atoms with Gasteiger partial charge in [-0.15, -0.1) is 0 Å². The van der Waals surface area contributed by atoms with Gasteiger partial charge in [0.1, 0.15) is 0 Å². The first kappa shape index (κ1) is 25.7. The molecule has 3 heteroatoms. The van der Waals surface area contributed by atoms with Gasteiger partial charge in [-0.2, -0.15) is 0 Å². The molecule has 0 aliphatic rings. The third kappa shape index (κ3) is 5.98. The van der Waals surface area contributed by atoms with Crippen molar-refractivity contribution in [2.45, 2.75) is 0 Å². The number of rotatable bonds is 6. The van der Waals surface area contributed by atoms with E-state index in [2.05, 4.69) is 42.5 Å². The van der Waals surface area contributed by atoms with Crippen LogP contribution in [0, 0.1) is 0 Å². The smallest absolute Gasteiger partial charge is 0.164 e. The average Bonchev–Trinajstić information content (AvgIpc) is 3.29. The van der Waals surface area contributed by atoms with Crippen molar-refractivity contribution in [2.24, 2.45) is 0 Å². The Hall–Kier alpha value is -7.23.